The number of piperidine rings is 1. The number of carbonyl (C=O) groups excluding carboxylic acids is 1. The van der Waals surface area contributed by atoms with E-state index in [1.165, 1.54) is 6.07 Å². The SMILES string of the molecule is O=C(NCC1CCNCC1)c1ccc(-c2ccc(C(F)(F)F)cn2)cc1. The fourth-order valence-electron chi connectivity index (χ4n) is 2.95. The number of halogens is 3. The standard InChI is InChI=1S/C19H20F3N3O/c20-19(21,22)16-5-6-17(24-12-16)14-1-3-15(4-2-14)18(26)25-11-13-7-9-23-10-8-13/h1-6,12-13,23H,7-11H2,(H,25,26). The molecule has 1 saturated heterocycles. The van der Waals surface area contributed by atoms with Gasteiger partial charge in [0.05, 0.1) is 11.3 Å². The van der Waals surface area contributed by atoms with Crippen molar-refractivity contribution in [2.75, 3.05) is 19.6 Å². The number of rotatable bonds is 4. The number of carbonyl (C=O) groups is 1. The van der Waals surface area contributed by atoms with Crippen LogP contribution in [-0.2, 0) is 6.18 Å². The van der Waals surface area contributed by atoms with Gasteiger partial charge in [-0.15, -0.1) is 0 Å². The second kappa shape index (κ2) is 7.86. The third kappa shape index (κ3) is 4.60. The molecule has 1 aliphatic heterocycles. The molecule has 0 atom stereocenters. The summed E-state index contributed by atoms with van der Waals surface area (Å²) in [6.45, 7) is 2.62. The van der Waals surface area contributed by atoms with Crippen molar-refractivity contribution in [2.24, 2.45) is 5.92 Å². The van der Waals surface area contributed by atoms with Crippen LogP contribution in [0.2, 0.25) is 0 Å². The van der Waals surface area contributed by atoms with Crippen LogP contribution in [0.5, 0.6) is 0 Å². The van der Waals surface area contributed by atoms with Crippen LogP contribution in [0, 0.1) is 5.92 Å². The number of amides is 1. The summed E-state index contributed by atoms with van der Waals surface area (Å²) in [6.07, 6.45) is -1.48. The van der Waals surface area contributed by atoms with E-state index in [4.69, 9.17) is 0 Å². The molecule has 4 nitrogen and oxygen atoms in total. The van der Waals surface area contributed by atoms with Gasteiger partial charge in [-0.3, -0.25) is 9.78 Å². The summed E-state index contributed by atoms with van der Waals surface area (Å²) in [4.78, 5) is 16.1. The predicted molar refractivity (Wildman–Crippen MR) is 92.6 cm³/mol. The quantitative estimate of drug-likeness (QED) is 0.874. The Morgan fingerprint density at radius 3 is 2.38 bits per heavy atom. The number of benzene rings is 1. The lowest BCUT2D eigenvalue weighted by atomic mass is 9.98. The molecule has 0 aliphatic carbocycles. The molecule has 26 heavy (non-hydrogen) atoms. The van der Waals surface area contributed by atoms with Gasteiger partial charge in [-0.05, 0) is 56.1 Å². The average molecular weight is 363 g/mol. The first kappa shape index (κ1) is 18.4. The largest absolute Gasteiger partial charge is 0.417 e. The molecule has 0 unspecified atom stereocenters. The maximum Gasteiger partial charge on any atom is 0.417 e. The van der Waals surface area contributed by atoms with Gasteiger partial charge in [-0.1, -0.05) is 12.1 Å². The molecule has 0 bridgehead atoms. The van der Waals surface area contributed by atoms with Crippen molar-refractivity contribution in [1.29, 1.82) is 0 Å². The molecule has 2 aromatic rings. The number of hydrogen-bond acceptors (Lipinski definition) is 3. The minimum Gasteiger partial charge on any atom is -0.352 e. The van der Waals surface area contributed by atoms with Crippen LogP contribution in [0.15, 0.2) is 42.6 Å². The zero-order valence-corrected chi connectivity index (χ0v) is 14.1. The van der Waals surface area contributed by atoms with Crippen LogP contribution in [-0.4, -0.2) is 30.5 Å². The number of hydrogen-bond donors (Lipinski definition) is 2. The normalized spacial score (nSPS) is 15.7. The second-order valence-corrected chi connectivity index (χ2v) is 6.41. The van der Waals surface area contributed by atoms with Gasteiger partial charge >= 0.3 is 6.18 Å². The minimum atomic E-state index is -4.40. The molecule has 1 fully saturated rings. The Bertz CT molecular complexity index is 736. The highest BCUT2D eigenvalue weighted by atomic mass is 19.4. The molecule has 1 amide bonds. The number of pyridine rings is 1. The molecular formula is C19H20F3N3O. The van der Waals surface area contributed by atoms with E-state index in [0.717, 1.165) is 38.2 Å². The highest BCUT2D eigenvalue weighted by Gasteiger charge is 2.30. The van der Waals surface area contributed by atoms with E-state index >= 15 is 0 Å². The van der Waals surface area contributed by atoms with Crippen molar-refractivity contribution < 1.29 is 18.0 Å². The van der Waals surface area contributed by atoms with E-state index < -0.39 is 11.7 Å². The van der Waals surface area contributed by atoms with Crippen molar-refractivity contribution >= 4 is 5.91 Å². The number of nitrogens with one attached hydrogen (secondary N) is 2. The molecule has 3 rings (SSSR count). The topological polar surface area (TPSA) is 54.0 Å². The summed E-state index contributed by atoms with van der Waals surface area (Å²) in [5.74, 6) is 0.353. The van der Waals surface area contributed by atoms with E-state index in [1.54, 1.807) is 24.3 Å². The molecule has 0 spiro atoms. The predicted octanol–water partition coefficient (Wildman–Crippen LogP) is 3.50. The summed E-state index contributed by atoms with van der Waals surface area (Å²) in [5.41, 5.74) is 0.832. The highest BCUT2D eigenvalue weighted by molar-refractivity contribution is 5.94. The van der Waals surface area contributed by atoms with E-state index in [-0.39, 0.29) is 5.91 Å². The molecule has 2 heterocycles. The van der Waals surface area contributed by atoms with Crippen molar-refractivity contribution in [2.45, 2.75) is 19.0 Å². The first-order chi connectivity index (χ1) is 12.4. The van der Waals surface area contributed by atoms with Crippen LogP contribution in [0.3, 0.4) is 0 Å². The minimum absolute atomic E-state index is 0.143. The van der Waals surface area contributed by atoms with E-state index in [0.29, 0.717) is 29.3 Å². The van der Waals surface area contributed by atoms with E-state index in [1.807, 2.05) is 0 Å². The molecule has 7 heteroatoms. The maximum absolute atomic E-state index is 12.6. The van der Waals surface area contributed by atoms with Gasteiger partial charge in [0.25, 0.3) is 5.91 Å². The lowest BCUT2D eigenvalue weighted by Gasteiger charge is -2.22. The number of alkyl halides is 3. The van der Waals surface area contributed by atoms with Gasteiger partial charge in [0.1, 0.15) is 0 Å². The zero-order valence-electron chi connectivity index (χ0n) is 14.1. The van der Waals surface area contributed by atoms with Crippen LogP contribution >= 0.6 is 0 Å². The Labute approximate surface area is 149 Å². The second-order valence-electron chi connectivity index (χ2n) is 6.41. The molecule has 0 saturated carbocycles. The van der Waals surface area contributed by atoms with Crippen LogP contribution in [0.25, 0.3) is 11.3 Å². The Kier molecular flexibility index (Phi) is 5.56. The molecule has 1 aliphatic rings. The zero-order chi connectivity index (χ0) is 18.6. The first-order valence-corrected chi connectivity index (χ1v) is 8.56. The lowest BCUT2D eigenvalue weighted by Crippen LogP contribution is -2.35. The molecule has 1 aromatic heterocycles. The fourth-order valence-corrected chi connectivity index (χ4v) is 2.95. The summed E-state index contributed by atoms with van der Waals surface area (Å²) in [5, 5.41) is 6.23. The molecular weight excluding hydrogens is 343 g/mol. The van der Waals surface area contributed by atoms with Gasteiger partial charge in [0.15, 0.2) is 0 Å². The molecule has 1 aromatic carbocycles. The van der Waals surface area contributed by atoms with Gasteiger partial charge in [-0.25, -0.2) is 0 Å². The first-order valence-electron chi connectivity index (χ1n) is 8.56. The fraction of sp³-hybridized carbons (Fsp3) is 0.368. The Morgan fingerprint density at radius 2 is 1.81 bits per heavy atom. The van der Waals surface area contributed by atoms with Gasteiger partial charge in [-0.2, -0.15) is 13.2 Å². The third-order valence-electron chi connectivity index (χ3n) is 4.54. The Morgan fingerprint density at radius 1 is 1.12 bits per heavy atom. The average Bonchev–Trinajstić information content (AvgIpc) is 2.66. The Balaban J connectivity index is 1.61. The number of aromatic nitrogens is 1. The maximum atomic E-state index is 12.6. The summed E-state index contributed by atoms with van der Waals surface area (Å²) in [7, 11) is 0. The van der Waals surface area contributed by atoms with Crippen LogP contribution in [0.1, 0.15) is 28.8 Å². The lowest BCUT2D eigenvalue weighted by molar-refractivity contribution is -0.137. The Hall–Kier alpha value is -2.41. The van der Waals surface area contributed by atoms with Crippen molar-refractivity contribution in [3.05, 3.63) is 53.7 Å². The van der Waals surface area contributed by atoms with Crippen LogP contribution < -0.4 is 10.6 Å². The van der Waals surface area contributed by atoms with Gasteiger partial charge in [0.2, 0.25) is 0 Å². The summed E-state index contributed by atoms with van der Waals surface area (Å²) >= 11 is 0. The van der Waals surface area contributed by atoms with Crippen molar-refractivity contribution in [3.8, 4) is 11.3 Å². The molecule has 0 radical (unpaired) electrons. The summed E-state index contributed by atoms with van der Waals surface area (Å²) < 4.78 is 37.7. The number of nitrogens with zero attached hydrogens (tertiary/aromatic N) is 1. The van der Waals surface area contributed by atoms with Gasteiger partial charge < -0.3 is 10.6 Å². The monoisotopic (exact) mass is 363 g/mol. The molecule has 2 N–H and O–H groups in total. The van der Waals surface area contributed by atoms with Crippen molar-refractivity contribution in [1.82, 2.24) is 15.6 Å². The summed E-state index contributed by atoms with van der Waals surface area (Å²) in [6, 6.07) is 9.03. The van der Waals surface area contributed by atoms with E-state index in [2.05, 4.69) is 15.6 Å². The van der Waals surface area contributed by atoms with Gasteiger partial charge in [0, 0.05) is 23.9 Å². The smallest absolute Gasteiger partial charge is 0.352 e. The van der Waals surface area contributed by atoms with E-state index in [9.17, 15) is 18.0 Å². The van der Waals surface area contributed by atoms with Crippen LogP contribution in [0.4, 0.5) is 13.2 Å². The highest BCUT2D eigenvalue weighted by Crippen LogP contribution is 2.29. The van der Waals surface area contributed by atoms with Crippen molar-refractivity contribution in [3.63, 3.8) is 0 Å². The molecule has 138 valence electrons. The third-order valence-corrected chi connectivity index (χ3v) is 4.54.